The van der Waals surface area contributed by atoms with E-state index in [-0.39, 0.29) is 5.92 Å². The summed E-state index contributed by atoms with van der Waals surface area (Å²) in [6, 6.07) is 1.94. The minimum Gasteiger partial charge on any atom is -0.370 e. The molecular formula is C13H19BrN6. The molecule has 2 aromatic heterocycles. The standard InChI is InChI=1S/C13H19BrN6/c1-5-6-15-10-7-9(16-13(17-10)8(2)3)11-12(14)18-19-20(11)4/h7-8H,5-6H2,1-4H3,(H,15,16,17). The predicted molar refractivity (Wildman–Crippen MR) is 82.6 cm³/mol. The Bertz CT molecular complexity index is 573. The van der Waals surface area contributed by atoms with Gasteiger partial charge in [0.05, 0.1) is 5.69 Å². The van der Waals surface area contributed by atoms with Crippen molar-refractivity contribution in [2.45, 2.75) is 33.1 Å². The summed E-state index contributed by atoms with van der Waals surface area (Å²) in [6.07, 6.45) is 1.05. The monoisotopic (exact) mass is 338 g/mol. The van der Waals surface area contributed by atoms with Crippen molar-refractivity contribution in [1.82, 2.24) is 25.0 Å². The molecule has 0 aliphatic carbocycles. The van der Waals surface area contributed by atoms with Crippen LogP contribution in [0.5, 0.6) is 0 Å². The summed E-state index contributed by atoms with van der Waals surface area (Å²) in [6.45, 7) is 7.18. The highest BCUT2D eigenvalue weighted by Crippen LogP contribution is 2.26. The number of hydrogen-bond donors (Lipinski definition) is 1. The van der Waals surface area contributed by atoms with Gasteiger partial charge in [-0.1, -0.05) is 26.0 Å². The molecule has 0 aliphatic heterocycles. The van der Waals surface area contributed by atoms with Gasteiger partial charge in [0.1, 0.15) is 17.3 Å². The van der Waals surface area contributed by atoms with Crippen molar-refractivity contribution in [3.63, 3.8) is 0 Å². The fourth-order valence-corrected chi connectivity index (χ4v) is 2.32. The van der Waals surface area contributed by atoms with Crippen molar-refractivity contribution in [3.05, 3.63) is 16.5 Å². The zero-order chi connectivity index (χ0) is 14.7. The topological polar surface area (TPSA) is 68.5 Å². The minimum absolute atomic E-state index is 0.261. The Morgan fingerprint density at radius 3 is 2.65 bits per heavy atom. The Morgan fingerprint density at radius 2 is 2.10 bits per heavy atom. The molecular weight excluding hydrogens is 320 g/mol. The van der Waals surface area contributed by atoms with Gasteiger partial charge in [0, 0.05) is 25.6 Å². The van der Waals surface area contributed by atoms with Gasteiger partial charge in [-0.3, -0.25) is 0 Å². The zero-order valence-corrected chi connectivity index (χ0v) is 13.8. The Hall–Kier alpha value is -1.50. The van der Waals surface area contributed by atoms with Crippen molar-refractivity contribution in [3.8, 4) is 11.4 Å². The average molecular weight is 339 g/mol. The molecule has 0 aromatic carbocycles. The molecule has 1 N–H and O–H groups in total. The third kappa shape index (κ3) is 3.15. The normalized spacial score (nSPS) is 11.1. The van der Waals surface area contributed by atoms with Gasteiger partial charge in [-0.25, -0.2) is 14.6 Å². The fraction of sp³-hybridized carbons (Fsp3) is 0.538. The summed E-state index contributed by atoms with van der Waals surface area (Å²) in [4.78, 5) is 9.18. The third-order valence-corrected chi connectivity index (χ3v) is 3.38. The third-order valence-electron chi connectivity index (χ3n) is 2.84. The smallest absolute Gasteiger partial charge is 0.157 e. The number of nitrogens with zero attached hydrogens (tertiary/aromatic N) is 5. The first-order chi connectivity index (χ1) is 9.52. The maximum atomic E-state index is 4.62. The molecule has 0 atom stereocenters. The number of rotatable bonds is 5. The van der Waals surface area contributed by atoms with Crippen LogP contribution in [0.1, 0.15) is 38.9 Å². The molecule has 2 heterocycles. The molecule has 2 aromatic rings. The van der Waals surface area contributed by atoms with Crippen LogP contribution in [0, 0.1) is 0 Å². The Kier molecular flexibility index (Phi) is 4.69. The zero-order valence-electron chi connectivity index (χ0n) is 12.2. The lowest BCUT2D eigenvalue weighted by Gasteiger charge is -2.11. The van der Waals surface area contributed by atoms with Crippen LogP contribution in [-0.2, 0) is 7.05 Å². The average Bonchev–Trinajstić information content (AvgIpc) is 2.75. The fourth-order valence-electron chi connectivity index (χ4n) is 1.79. The second-order valence-corrected chi connectivity index (χ2v) is 5.68. The number of nitrogens with one attached hydrogen (secondary N) is 1. The first-order valence-electron chi connectivity index (χ1n) is 6.71. The Labute approximate surface area is 127 Å². The van der Waals surface area contributed by atoms with E-state index in [1.165, 1.54) is 0 Å². The maximum Gasteiger partial charge on any atom is 0.157 e. The summed E-state index contributed by atoms with van der Waals surface area (Å²) in [5.41, 5.74) is 1.68. The van der Waals surface area contributed by atoms with Gasteiger partial charge in [0.25, 0.3) is 0 Å². The number of anilines is 1. The Balaban J connectivity index is 2.49. The molecule has 0 radical (unpaired) electrons. The molecule has 108 valence electrons. The molecule has 6 nitrogen and oxygen atoms in total. The summed E-state index contributed by atoms with van der Waals surface area (Å²) in [5.74, 6) is 1.92. The molecule has 0 fully saturated rings. The van der Waals surface area contributed by atoms with E-state index in [0.29, 0.717) is 4.60 Å². The highest BCUT2D eigenvalue weighted by molar-refractivity contribution is 9.10. The van der Waals surface area contributed by atoms with Gasteiger partial charge in [0.2, 0.25) is 0 Å². The van der Waals surface area contributed by atoms with Crippen LogP contribution in [0.25, 0.3) is 11.4 Å². The molecule has 0 aliphatic rings. The predicted octanol–water partition coefficient (Wildman–Crippen LogP) is 2.98. The van der Waals surface area contributed by atoms with E-state index < -0.39 is 0 Å². The van der Waals surface area contributed by atoms with E-state index in [0.717, 1.165) is 36.0 Å². The second kappa shape index (κ2) is 6.30. The quantitative estimate of drug-likeness (QED) is 0.907. The van der Waals surface area contributed by atoms with E-state index >= 15 is 0 Å². The highest BCUT2D eigenvalue weighted by Gasteiger charge is 2.15. The van der Waals surface area contributed by atoms with Gasteiger partial charge in [-0.2, -0.15) is 0 Å². The lowest BCUT2D eigenvalue weighted by atomic mass is 10.2. The largest absolute Gasteiger partial charge is 0.370 e. The van der Waals surface area contributed by atoms with Crippen LogP contribution in [0.15, 0.2) is 10.7 Å². The summed E-state index contributed by atoms with van der Waals surface area (Å²) >= 11 is 3.42. The first-order valence-corrected chi connectivity index (χ1v) is 7.50. The highest BCUT2D eigenvalue weighted by atomic mass is 79.9. The number of aromatic nitrogens is 5. The molecule has 0 unspecified atom stereocenters. The lowest BCUT2D eigenvalue weighted by Crippen LogP contribution is -2.08. The molecule has 20 heavy (non-hydrogen) atoms. The maximum absolute atomic E-state index is 4.62. The molecule has 0 spiro atoms. The van der Waals surface area contributed by atoms with Gasteiger partial charge in [-0.15, -0.1) is 5.10 Å². The van der Waals surface area contributed by atoms with Crippen molar-refractivity contribution in [2.75, 3.05) is 11.9 Å². The van der Waals surface area contributed by atoms with Gasteiger partial charge in [-0.05, 0) is 22.4 Å². The van der Waals surface area contributed by atoms with Gasteiger partial charge < -0.3 is 5.32 Å². The number of aryl methyl sites for hydroxylation is 1. The van der Waals surface area contributed by atoms with Crippen LogP contribution in [0.2, 0.25) is 0 Å². The number of hydrogen-bond acceptors (Lipinski definition) is 5. The summed E-state index contributed by atoms with van der Waals surface area (Å²) in [7, 11) is 1.85. The summed E-state index contributed by atoms with van der Waals surface area (Å²) < 4.78 is 2.40. The summed E-state index contributed by atoms with van der Waals surface area (Å²) in [5, 5.41) is 11.3. The van der Waals surface area contributed by atoms with Gasteiger partial charge in [0.15, 0.2) is 4.60 Å². The molecule has 0 saturated carbocycles. The lowest BCUT2D eigenvalue weighted by molar-refractivity contribution is 0.715. The van der Waals surface area contributed by atoms with E-state index in [2.05, 4.69) is 62.3 Å². The van der Waals surface area contributed by atoms with Crippen molar-refractivity contribution < 1.29 is 0 Å². The number of halogens is 1. The van der Waals surface area contributed by atoms with Gasteiger partial charge >= 0.3 is 0 Å². The molecule has 0 amide bonds. The van der Waals surface area contributed by atoms with Crippen molar-refractivity contribution >= 4 is 21.7 Å². The van der Waals surface area contributed by atoms with Crippen molar-refractivity contribution in [1.29, 1.82) is 0 Å². The minimum atomic E-state index is 0.261. The Morgan fingerprint density at radius 1 is 1.35 bits per heavy atom. The first kappa shape index (κ1) is 14.9. The van der Waals surface area contributed by atoms with E-state index in [1.54, 1.807) is 4.68 Å². The second-order valence-electron chi connectivity index (χ2n) is 4.93. The molecule has 2 rings (SSSR count). The van der Waals surface area contributed by atoms with E-state index in [1.807, 2.05) is 13.1 Å². The van der Waals surface area contributed by atoms with Crippen LogP contribution in [0.3, 0.4) is 0 Å². The van der Waals surface area contributed by atoms with Crippen LogP contribution in [-0.4, -0.2) is 31.5 Å². The van der Waals surface area contributed by atoms with E-state index in [9.17, 15) is 0 Å². The SMILES string of the molecule is CCCNc1cc(-c2c(Br)nnn2C)nc(C(C)C)n1. The molecule has 0 bridgehead atoms. The molecule has 7 heteroatoms. The van der Waals surface area contributed by atoms with Crippen LogP contribution < -0.4 is 5.32 Å². The molecule has 0 saturated heterocycles. The van der Waals surface area contributed by atoms with Crippen LogP contribution >= 0.6 is 15.9 Å². The van der Waals surface area contributed by atoms with E-state index in [4.69, 9.17) is 0 Å². The van der Waals surface area contributed by atoms with Crippen LogP contribution in [0.4, 0.5) is 5.82 Å². The van der Waals surface area contributed by atoms with Crippen molar-refractivity contribution in [2.24, 2.45) is 7.05 Å².